The van der Waals surface area contributed by atoms with E-state index in [1.165, 1.54) is 12.1 Å². The highest BCUT2D eigenvalue weighted by Gasteiger charge is 2.30. The van der Waals surface area contributed by atoms with Crippen LogP contribution in [0.25, 0.3) is 21.9 Å². The molecule has 0 unspecified atom stereocenters. The van der Waals surface area contributed by atoms with Crippen molar-refractivity contribution in [2.45, 2.75) is 19.0 Å². The van der Waals surface area contributed by atoms with Crippen LogP contribution in [0.15, 0.2) is 72.9 Å². The van der Waals surface area contributed by atoms with E-state index in [0.717, 1.165) is 39.6 Å². The number of hydrogen-bond donors (Lipinski definition) is 2. The maximum atomic E-state index is 12.9. The van der Waals surface area contributed by atoms with Gasteiger partial charge in [-0.25, -0.2) is 4.98 Å². The Morgan fingerprint density at radius 2 is 1.62 bits per heavy atom. The van der Waals surface area contributed by atoms with Gasteiger partial charge in [0.15, 0.2) is 0 Å². The summed E-state index contributed by atoms with van der Waals surface area (Å²) in [5.41, 5.74) is 14.3. The molecule has 1 amide bonds. The summed E-state index contributed by atoms with van der Waals surface area (Å²) < 4.78 is 38.8. The monoisotopic (exact) mass is 435 g/mol. The van der Waals surface area contributed by atoms with Gasteiger partial charge in [0.25, 0.3) is 0 Å². The Kier molecular flexibility index (Phi) is 5.57. The van der Waals surface area contributed by atoms with Crippen LogP contribution >= 0.6 is 0 Å². The van der Waals surface area contributed by atoms with Crippen LogP contribution < -0.4 is 11.5 Å². The smallest absolute Gasteiger partial charge is 0.383 e. The van der Waals surface area contributed by atoms with Gasteiger partial charge in [0.05, 0.1) is 5.56 Å². The molecule has 0 aliphatic heterocycles. The maximum Gasteiger partial charge on any atom is 0.416 e. The number of benzene rings is 3. The molecule has 0 saturated carbocycles. The second-order valence-electron chi connectivity index (χ2n) is 7.48. The SMILES string of the molecule is NC(=O)c1ccc2c(-c3ccc(C(F)(F)F)cc3)cccc2c1CCc1cccnc1N. The summed E-state index contributed by atoms with van der Waals surface area (Å²) in [6.45, 7) is 0. The molecule has 0 atom stereocenters. The van der Waals surface area contributed by atoms with Gasteiger partial charge in [-0.3, -0.25) is 4.79 Å². The number of nitrogens with zero attached hydrogens (tertiary/aromatic N) is 1. The van der Waals surface area contributed by atoms with Crippen molar-refractivity contribution < 1.29 is 18.0 Å². The zero-order valence-electron chi connectivity index (χ0n) is 17.0. The molecule has 0 aliphatic carbocycles. The molecule has 4 N–H and O–H groups in total. The number of fused-ring (bicyclic) bond motifs is 1. The normalized spacial score (nSPS) is 11.6. The number of aryl methyl sites for hydroxylation is 2. The van der Waals surface area contributed by atoms with E-state index in [1.807, 2.05) is 24.3 Å². The third-order valence-corrected chi connectivity index (χ3v) is 5.53. The van der Waals surface area contributed by atoms with Crippen LogP contribution in [0.5, 0.6) is 0 Å². The molecule has 0 fully saturated rings. The summed E-state index contributed by atoms with van der Waals surface area (Å²) >= 11 is 0. The number of amides is 1. The molecule has 0 saturated heterocycles. The molecule has 7 heteroatoms. The number of halogens is 3. The van der Waals surface area contributed by atoms with Crippen molar-refractivity contribution in [1.29, 1.82) is 0 Å². The number of primary amides is 1. The van der Waals surface area contributed by atoms with Crippen molar-refractivity contribution in [3.05, 3.63) is 95.2 Å². The van der Waals surface area contributed by atoms with Gasteiger partial charge in [-0.05, 0) is 70.1 Å². The first-order chi connectivity index (χ1) is 15.3. The van der Waals surface area contributed by atoms with Crippen LogP contribution in [-0.2, 0) is 19.0 Å². The molecule has 4 rings (SSSR count). The number of hydrogen-bond acceptors (Lipinski definition) is 3. The maximum absolute atomic E-state index is 12.9. The number of nitrogens with two attached hydrogens (primary N) is 2. The molecule has 1 aromatic heterocycles. The third-order valence-electron chi connectivity index (χ3n) is 5.53. The number of rotatable bonds is 5. The van der Waals surface area contributed by atoms with Crippen LogP contribution in [-0.4, -0.2) is 10.9 Å². The van der Waals surface area contributed by atoms with Crippen LogP contribution in [0, 0.1) is 0 Å². The van der Waals surface area contributed by atoms with Crippen molar-refractivity contribution in [1.82, 2.24) is 4.98 Å². The first kappa shape index (κ1) is 21.4. The minimum Gasteiger partial charge on any atom is -0.383 e. The highest BCUT2D eigenvalue weighted by atomic mass is 19.4. The summed E-state index contributed by atoms with van der Waals surface area (Å²) in [4.78, 5) is 16.2. The predicted molar refractivity (Wildman–Crippen MR) is 119 cm³/mol. The van der Waals surface area contributed by atoms with E-state index in [1.54, 1.807) is 24.4 Å². The Morgan fingerprint density at radius 3 is 2.28 bits per heavy atom. The lowest BCUT2D eigenvalue weighted by Gasteiger charge is -2.15. The average Bonchev–Trinajstić information content (AvgIpc) is 2.77. The van der Waals surface area contributed by atoms with Gasteiger partial charge in [0.2, 0.25) is 5.91 Å². The topological polar surface area (TPSA) is 82.0 Å². The molecule has 3 aromatic carbocycles. The molecule has 4 nitrogen and oxygen atoms in total. The summed E-state index contributed by atoms with van der Waals surface area (Å²) in [5.74, 6) is -0.111. The molecule has 1 heterocycles. The summed E-state index contributed by atoms with van der Waals surface area (Å²) in [6, 6.07) is 17.7. The Bertz CT molecular complexity index is 1300. The van der Waals surface area contributed by atoms with Crippen molar-refractivity contribution >= 4 is 22.5 Å². The number of carbonyl (C=O) groups is 1. The quantitative estimate of drug-likeness (QED) is 0.441. The number of aromatic nitrogens is 1. The van der Waals surface area contributed by atoms with E-state index in [-0.39, 0.29) is 0 Å². The van der Waals surface area contributed by atoms with Gasteiger partial charge in [-0.2, -0.15) is 13.2 Å². The Hall–Kier alpha value is -3.87. The van der Waals surface area contributed by atoms with Gasteiger partial charge in [0.1, 0.15) is 5.82 Å². The molecule has 0 radical (unpaired) electrons. The Morgan fingerprint density at radius 1 is 0.875 bits per heavy atom. The number of carbonyl (C=O) groups excluding carboxylic acids is 1. The van der Waals surface area contributed by atoms with Gasteiger partial charge < -0.3 is 11.5 Å². The predicted octanol–water partition coefficient (Wildman–Crippen LogP) is 5.39. The fourth-order valence-corrected chi connectivity index (χ4v) is 3.93. The highest BCUT2D eigenvalue weighted by Crippen LogP contribution is 2.35. The molecule has 4 aromatic rings. The first-order valence-corrected chi connectivity index (χ1v) is 9.97. The van der Waals surface area contributed by atoms with Gasteiger partial charge in [0, 0.05) is 11.8 Å². The second-order valence-corrected chi connectivity index (χ2v) is 7.48. The lowest BCUT2D eigenvalue weighted by atomic mass is 9.90. The molecule has 0 bridgehead atoms. The summed E-state index contributed by atoms with van der Waals surface area (Å²) in [7, 11) is 0. The lowest BCUT2D eigenvalue weighted by molar-refractivity contribution is -0.137. The summed E-state index contributed by atoms with van der Waals surface area (Å²) in [5, 5.41) is 1.65. The van der Waals surface area contributed by atoms with Crippen LogP contribution in [0.2, 0.25) is 0 Å². The molecular weight excluding hydrogens is 415 g/mol. The van der Waals surface area contributed by atoms with Gasteiger partial charge in [-0.1, -0.05) is 42.5 Å². The highest BCUT2D eigenvalue weighted by molar-refractivity contribution is 6.05. The standard InChI is InChI=1S/C25H20F3N3O/c26-25(27,28)17-9-6-15(7-10-17)18-4-1-5-19-20(18)12-13-22(24(30)32)21(19)11-8-16-3-2-14-31-23(16)29/h1-7,9-10,12-14H,8,11H2,(H2,29,31)(H2,30,32). The van der Waals surface area contributed by atoms with E-state index in [9.17, 15) is 18.0 Å². The van der Waals surface area contributed by atoms with Crippen LogP contribution in [0.1, 0.15) is 27.0 Å². The van der Waals surface area contributed by atoms with Crippen LogP contribution in [0.4, 0.5) is 19.0 Å². The molecule has 162 valence electrons. The molecule has 0 spiro atoms. The largest absolute Gasteiger partial charge is 0.416 e. The van der Waals surface area contributed by atoms with Crippen molar-refractivity contribution in [3.8, 4) is 11.1 Å². The van der Waals surface area contributed by atoms with E-state index in [0.29, 0.717) is 29.8 Å². The van der Waals surface area contributed by atoms with Gasteiger partial charge >= 0.3 is 6.18 Å². The minimum absolute atomic E-state index is 0.407. The average molecular weight is 435 g/mol. The fraction of sp³-hybridized carbons (Fsp3) is 0.120. The van der Waals surface area contributed by atoms with Crippen LogP contribution in [0.3, 0.4) is 0 Å². The van der Waals surface area contributed by atoms with E-state index in [2.05, 4.69) is 4.98 Å². The van der Waals surface area contributed by atoms with E-state index >= 15 is 0 Å². The minimum atomic E-state index is -4.39. The Balaban J connectivity index is 1.80. The first-order valence-electron chi connectivity index (χ1n) is 9.97. The van der Waals surface area contributed by atoms with E-state index < -0.39 is 17.6 Å². The van der Waals surface area contributed by atoms with Gasteiger partial charge in [-0.15, -0.1) is 0 Å². The Labute approximate surface area is 182 Å². The molecular formula is C25H20F3N3O. The third kappa shape index (κ3) is 4.14. The zero-order valence-corrected chi connectivity index (χ0v) is 17.0. The number of alkyl halides is 3. The number of pyridine rings is 1. The van der Waals surface area contributed by atoms with Crippen molar-refractivity contribution in [2.75, 3.05) is 5.73 Å². The number of anilines is 1. The zero-order chi connectivity index (χ0) is 22.9. The fourth-order valence-electron chi connectivity index (χ4n) is 3.93. The number of nitrogen functional groups attached to an aromatic ring is 1. The van der Waals surface area contributed by atoms with Crippen molar-refractivity contribution in [2.24, 2.45) is 5.73 Å². The molecule has 32 heavy (non-hydrogen) atoms. The van der Waals surface area contributed by atoms with Crippen molar-refractivity contribution in [3.63, 3.8) is 0 Å². The molecule has 0 aliphatic rings. The van der Waals surface area contributed by atoms with E-state index in [4.69, 9.17) is 11.5 Å². The summed E-state index contributed by atoms with van der Waals surface area (Å²) in [6.07, 6.45) is -1.72. The lowest BCUT2D eigenvalue weighted by Crippen LogP contribution is -2.14. The second kappa shape index (κ2) is 8.34.